The molecule has 168 valence electrons. The molecule has 0 fully saturated rings. The molecule has 10 heteroatoms. The molecular weight excluding hydrogens is 450 g/mol. The zero-order valence-corrected chi connectivity index (χ0v) is 19.7. The van der Waals surface area contributed by atoms with Crippen molar-refractivity contribution in [3.8, 4) is 16.3 Å². The Balaban J connectivity index is 1.64. The van der Waals surface area contributed by atoms with Gasteiger partial charge in [-0.1, -0.05) is 42.9 Å². The predicted molar refractivity (Wildman–Crippen MR) is 127 cm³/mol. The molecule has 1 atom stereocenters. The van der Waals surface area contributed by atoms with E-state index in [-0.39, 0.29) is 11.8 Å². The number of amides is 3. The van der Waals surface area contributed by atoms with Crippen molar-refractivity contribution < 1.29 is 14.3 Å². The fourth-order valence-corrected chi connectivity index (χ4v) is 3.75. The van der Waals surface area contributed by atoms with Crippen molar-refractivity contribution in [2.45, 2.75) is 26.8 Å². The highest BCUT2D eigenvalue weighted by Crippen LogP contribution is 2.28. The van der Waals surface area contributed by atoms with Crippen LogP contribution in [0.1, 0.15) is 19.4 Å². The highest BCUT2D eigenvalue weighted by atomic mass is 35.5. The minimum Gasteiger partial charge on any atom is -0.497 e. The average Bonchev–Trinajstić information content (AvgIpc) is 3.22. The molecule has 0 aliphatic carbocycles. The van der Waals surface area contributed by atoms with Crippen LogP contribution >= 0.6 is 22.9 Å². The number of urea groups is 1. The number of carbonyl (C=O) groups is 2. The number of methoxy groups -OCH3 is 1. The third-order valence-electron chi connectivity index (χ3n) is 4.66. The van der Waals surface area contributed by atoms with E-state index in [0.29, 0.717) is 20.8 Å². The number of carbonyl (C=O) groups excluding carboxylic acids is 2. The van der Waals surface area contributed by atoms with Crippen molar-refractivity contribution in [2.75, 3.05) is 17.7 Å². The first-order chi connectivity index (χ1) is 15.3. The fraction of sp³-hybridized carbons (Fsp3) is 0.273. The van der Waals surface area contributed by atoms with Gasteiger partial charge < -0.3 is 15.4 Å². The van der Waals surface area contributed by atoms with Gasteiger partial charge in [0.25, 0.3) is 0 Å². The molecule has 1 unspecified atom stereocenters. The number of nitrogens with one attached hydrogen (secondary N) is 3. The van der Waals surface area contributed by atoms with Crippen molar-refractivity contribution in [1.82, 2.24) is 15.5 Å². The lowest BCUT2D eigenvalue weighted by atomic mass is 10.0. The Kier molecular flexibility index (Phi) is 7.66. The summed E-state index contributed by atoms with van der Waals surface area (Å²) >= 11 is 7.35. The first-order valence-corrected chi connectivity index (χ1v) is 11.1. The molecule has 1 heterocycles. The smallest absolute Gasteiger partial charge is 0.319 e. The molecule has 0 aliphatic rings. The Bertz CT molecular complexity index is 1100. The topological polar surface area (TPSA) is 105 Å². The van der Waals surface area contributed by atoms with E-state index in [1.165, 1.54) is 11.3 Å². The van der Waals surface area contributed by atoms with Crippen molar-refractivity contribution >= 4 is 45.7 Å². The Morgan fingerprint density at radius 1 is 1.06 bits per heavy atom. The summed E-state index contributed by atoms with van der Waals surface area (Å²) in [5, 5.41) is 17.9. The molecule has 0 saturated carbocycles. The van der Waals surface area contributed by atoms with Gasteiger partial charge in [-0.15, -0.1) is 10.2 Å². The number of benzene rings is 2. The summed E-state index contributed by atoms with van der Waals surface area (Å²) in [6.45, 7) is 5.56. The highest BCUT2D eigenvalue weighted by molar-refractivity contribution is 7.18. The second-order valence-corrected chi connectivity index (χ2v) is 8.80. The standard InChI is InChI=1S/C22H24ClN5O3S/c1-12(2)18(25-21(30)24-15-8-5-13(3)17(23)11-15)19(29)26-22-28-27-20(32-22)14-6-9-16(31-4)10-7-14/h5-12,18H,1-4H3,(H2,24,25,30)(H,26,28,29). The molecule has 1 aromatic heterocycles. The maximum Gasteiger partial charge on any atom is 0.319 e. The number of hydrogen-bond donors (Lipinski definition) is 3. The second-order valence-electron chi connectivity index (χ2n) is 7.41. The quantitative estimate of drug-likeness (QED) is 0.449. The summed E-state index contributed by atoms with van der Waals surface area (Å²) in [7, 11) is 1.60. The molecule has 8 nitrogen and oxygen atoms in total. The lowest BCUT2D eigenvalue weighted by Gasteiger charge is -2.21. The number of aryl methyl sites for hydroxylation is 1. The van der Waals surface area contributed by atoms with Gasteiger partial charge in [-0.05, 0) is 54.8 Å². The van der Waals surface area contributed by atoms with Crippen LogP contribution in [0.15, 0.2) is 42.5 Å². The van der Waals surface area contributed by atoms with Crippen LogP contribution in [0.5, 0.6) is 5.75 Å². The van der Waals surface area contributed by atoms with Crippen LogP contribution < -0.4 is 20.7 Å². The summed E-state index contributed by atoms with van der Waals surface area (Å²) in [5.74, 6) is 0.203. The molecule has 0 bridgehead atoms. The van der Waals surface area contributed by atoms with Crippen LogP contribution in [-0.4, -0.2) is 35.3 Å². The van der Waals surface area contributed by atoms with Gasteiger partial charge in [-0.2, -0.15) is 0 Å². The largest absolute Gasteiger partial charge is 0.497 e. The lowest BCUT2D eigenvalue weighted by Crippen LogP contribution is -2.48. The van der Waals surface area contributed by atoms with Gasteiger partial charge in [-0.3, -0.25) is 10.1 Å². The SMILES string of the molecule is COc1ccc(-c2nnc(NC(=O)C(NC(=O)Nc3ccc(C)c(Cl)c3)C(C)C)s2)cc1. The monoisotopic (exact) mass is 473 g/mol. The van der Waals surface area contributed by atoms with Gasteiger partial charge in [0.05, 0.1) is 7.11 Å². The summed E-state index contributed by atoms with van der Waals surface area (Å²) in [4.78, 5) is 25.3. The number of halogens is 1. The van der Waals surface area contributed by atoms with E-state index in [4.69, 9.17) is 16.3 Å². The number of ether oxygens (including phenoxy) is 1. The third kappa shape index (κ3) is 5.95. The van der Waals surface area contributed by atoms with Crippen molar-refractivity contribution in [2.24, 2.45) is 5.92 Å². The van der Waals surface area contributed by atoms with E-state index >= 15 is 0 Å². The molecule has 0 radical (unpaired) electrons. The predicted octanol–water partition coefficient (Wildman–Crippen LogP) is 4.96. The molecule has 32 heavy (non-hydrogen) atoms. The second kappa shape index (κ2) is 10.4. The van der Waals surface area contributed by atoms with Crippen LogP contribution in [0.3, 0.4) is 0 Å². The molecular formula is C22H24ClN5O3S. The fourth-order valence-electron chi connectivity index (χ4n) is 2.82. The first-order valence-electron chi connectivity index (χ1n) is 9.89. The molecule has 3 rings (SSSR count). The van der Waals surface area contributed by atoms with E-state index in [1.54, 1.807) is 25.3 Å². The summed E-state index contributed by atoms with van der Waals surface area (Å²) < 4.78 is 5.16. The van der Waals surface area contributed by atoms with E-state index in [2.05, 4.69) is 26.1 Å². The summed E-state index contributed by atoms with van der Waals surface area (Å²) in [6.07, 6.45) is 0. The average molecular weight is 474 g/mol. The maximum absolute atomic E-state index is 12.8. The zero-order chi connectivity index (χ0) is 23.3. The van der Waals surface area contributed by atoms with Gasteiger partial charge in [0.15, 0.2) is 0 Å². The number of hydrogen-bond acceptors (Lipinski definition) is 6. The number of aromatic nitrogens is 2. The van der Waals surface area contributed by atoms with Gasteiger partial charge in [0.2, 0.25) is 11.0 Å². The molecule has 3 aromatic rings. The van der Waals surface area contributed by atoms with Crippen LogP contribution in [-0.2, 0) is 4.79 Å². The molecule has 0 spiro atoms. The van der Waals surface area contributed by atoms with Gasteiger partial charge in [-0.25, -0.2) is 4.79 Å². The van der Waals surface area contributed by atoms with Gasteiger partial charge in [0, 0.05) is 16.3 Å². The Morgan fingerprint density at radius 2 is 1.78 bits per heavy atom. The van der Waals surface area contributed by atoms with Crippen molar-refractivity contribution in [1.29, 1.82) is 0 Å². The Hall–Kier alpha value is -3.17. The van der Waals surface area contributed by atoms with Crippen LogP contribution in [0.4, 0.5) is 15.6 Å². The maximum atomic E-state index is 12.8. The summed E-state index contributed by atoms with van der Waals surface area (Å²) in [6, 6.07) is 11.3. The zero-order valence-electron chi connectivity index (χ0n) is 18.1. The van der Waals surface area contributed by atoms with E-state index < -0.39 is 12.1 Å². The molecule has 0 aliphatic heterocycles. The summed E-state index contributed by atoms with van der Waals surface area (Å²) in [5.41, 5.74) is 2.30. The molecule has 0 saturated heterocycles. The van der Waals surface area contributed by atoms with Crippen LogP contribution in [0.2, 0.25) is 5.02 Å². The lowest BCUT2D eigenvalue weighted by molar-refractivity contribution is -0.118. The Morgan fingerprint density at radius 3 is 2.41 bits per heavy atom. The number of anilines is 2. The van der Waals surface area contributed by atoms with Gasteiger partial charge in [0.1, 0.15) is 16.8 Å². The number of rotatable bonds is 7. The molecule has 2 aromatic carbocycles. The highest BCUT2D eigenvalue weighted by Gasteiger charge is 2.25. The van der Waals surface area contributed by atoms with Crippen molar-refractivity contribution in [3.63, 3.8) is 0 Å². The molecule has 3 N–H and O–H groups in total. The Labute approximate surface area is 195 Å². The van der Waals surface area contributed by atoms with E-state index in [1.807, 2.05) is 45.0 Å². The van der Waals surface area contributed by atoms with Crippen LogP contribution in [0, 0.1) is 12.8 Å². The van der Waals surface area contributed by atoms with E-state index in [9.17, 15) is 9.59 Å². The van der Waals surface area contributed by atoms with Crippen molar-refractivity contribution in [3.05, 3.63) is 53.1 Å². The molecule has 3 amide bonds. The minimum atomic E-state index is -0.774. The van der Waals surface area contributed by atoms with Crippen LogP contribution in [0.25, 0.3) is 10.6 Å². The number of nitrogens with zero attached hydrogens (tertiary/aromatic N) is 2. The van der Waals surface area contributed by atoms with Gasteiger partial charge >= 0.3 is 6.03 Å². The third-order valence-corrected chi connectivity index (χ3v) is 5.95. The minimum absolute atomic E-state index is 0.156. The first kappa shape index (κ1) is 23.5. The normalized spacial score (nSPS) is 11.7. The van der Waals surface area contributed by atoms with E-state index in [0.717, 1.165) is 16.9 Å².